The molecule has 184 valence electrons. The van der Waals surface area contributed by atoms with Crippen LogP contribution < -0.4 is 19.7 Å². The van der Waals surface area contributed by atoms with Crippen molar-refractivity contribution in [3.63, 3.8) is 0 Å². The van der Waals surface area contributed by atoms with Crippen molar-refractivity contribution >= 4 is 52.2 Å². The number of carbonyl (C=O) groups excluding carboxylic acids is 3. The van der Waals surface area contributed by atoms with E-state index in [4.69, 9.17) is 9.47 Å². The molecule has 0 aromatic heterocycles. The van der Waals surface area contributed by atoms with E-state index < -0.39 is 17.8 Å². The molecule has 3 aromatic carbocycles. The molecule has 3 aromatic rings. The lowest BCUT2D eigenvalue weighted by atomic mass is 10.0. The van der Waals surface area contributed by atoms with Gasteiger partial charge in [-0.1, -0.05) is 42.5 Å². The molecule has 0 radical (unpaired) electrons. The van der Waals surface area contributed by atoms with Crippen molar-refractivity contribution in [3.05, 3.63) is 92.1 Å². The third kappa shape index (κ3) is 5.43. The second kappa shape index (κ2) is 10.9. The molecule has 4 amide bonds. The van der Waals surface area contributed by atoms with Gasteiger partial charge >= 0.3 is 6.03 Å². The first kappa shape index (κ1) is 25.4. The summed E-state index contributed by atoms with van der Waals surface area (Å²) < 4.78 is 12.6. The van der Waals surface area contributed by atoms with Crippen LogP contribution in [0.25, 0.3) is 6.08 Å². The number of imide groups is 2. The summed E-state index contributed by atoms with van der Waals surface area (Å²) in [6.45, 7) is 6.32. The van der Waals surface area contributed by atoms with Crippen molar-refractivity contribution in [2.45, 2.75) is 27.4 Å². The van der Waals surface area contributed by atoms with Crippen LogP contribution in [0.15, 0.2) is 66.2 Å². The Balaban J connectivity index is 1.69. The van der Waals surface area contributed by atoms with Crippen LogP contribution in [0.3, 0.4) is 0 Å². The molecule has 8 heteroatoms. The Hall–Kier alpha value is -3.66. The molecule has 1 aliphatic heterocycles. The first-order valence-corrected chi connectivity index (χ1v) is 12.5. The molecule has 1 fully saturated rings. The molecule has 0 aliphatic carbocycles. The van der Waals surface area contributed by atoms with Gasteiger partial charge in [0.1, 0.15) is 12.2 Å². The molecular formula is C28H25IN2O5. The summed E-state index contributed by atoms with van der Waals surface area (Å²) in [6, 6.07) is 18.0. The molecule has 1 aliphatic rings. The third-order valence-corrected chi connectivity index (χ3v) is 6.38. The highest BCUT2D eigenvalue weighted by Gasteiger charge is 2.37. The van der Waals surface area contributed by atoms with Gasteiger partial charge in [0.05, 0.1) is 15.9 Å². The van der Waals surface area contributed by atoms with E-state index in [9.17, 15) is 14.4 Å². The fourth-order valence-corrected chi connectivity index (χ4v) is 4.59. The van der Waals surface area contributed by atoms with Crippen LogP contribution in [0.5, 0.6) is 11.5 Å². The van der Waals surface area contributed by atoms with Crippen LogP contribution in [-0.4, -0.2) is 24.5 Å². The third-order valence-electron chi connectivity index (χ3n) is 5.58. The van der Waals surface area contributed by atoms with Crippen LogP contribution in [0, 0.1) is 17.4 Å². The Bertz CT molecular complexity index is 1370. The zero-order valence-corrected chi connectivity index (χ0v) is 22.3. The zero-order chi connectivity index (χ0) is 25.8. The second-order valence-corrected chi connectivity index (χ2v) is 9.45. The van der Waals surface area contributed by atoms with Crippen LogP contribution >= 0.6 is 22.6 Å². The number of nitrogens with zero attached hydrogens (tertiary/aromatic N) is 1. The molecule has 36 heavy (non-hydrogen) atoms. The van der Waals surface area contributed by atoms with Gasteiger partial charge in [-0.2, -0.15) is 0 Å². The number of carbonyl (C=O) groups is 3. The monoisotopic (exact) mass is 596 g/mol. The molecular weight excluding hydrogens is 571 g/mol. The van der Waals surface area contributed by atoms with Gasteiger partial charge in [-0.3, -0.25) is 14.9 Å². The number of hydrogen-bond acceptors (Lipinski definition) is 5. The van der Waals surface area contributed by atoms with Gasteiger partial charge < -0.3 is 9.47 Å². The number of rotatable bonds is 7. The summed E-state index contributed by atoms with van der Waals surface area (Å²) in [6.07, 6.45) is 1.47. The van der Waals surface area contributed by atoms with Gasteiger partial charge in [0, 0.05) is 0 Å². The second-order valence-electron chi connectivity index (χ2n) is 8.29. The Morgan fingerprint density at radius 3 is 2.44 bits per heavy atom. The summed E-state index contributed by atoms with van der Waals surface area (Å²) in [5.74, 6) is -0.355. The fraction of sp³-hybridized carbons (Fsp3) is 0.179. The average Bonchev–Trinajstić information content (AvgIpc) is 2.84. The highest BCUT2D eigenvalue weighted by Crippen LogP contribution is 2.36. The maximum absolute atomic E-state index is 13.4. The van der Waals surface area contributed by atoms with Gasteiger partial charge in [-0.15, -0.1) is 0 Å². The largest absolute Gasteiger partial charge is 0.490 e. The lowest BCUT2D eigenvalue weighted by Gasteiger charge is -2.28. The number of halogens is 1. The Morgan fingerprint density at radius 1 is 0.972 bits per heavy atom. The number of nitrogens with one attached hydrogen (secondary N) is 1. The van der Waals surface area contributed by atoms with Crippen LogP contribution in [0.4, 0.5) is 10.5 Å². The average molecular weight is 596 g/mol. The van der Waals surface area contributed by atoms with Crippen molar-refractivity contribution in [3.8, 4) is 11.5 Å². The quantitative estimate of drug-likeness (QED) is 0.220. The molecule has 0 spiro atoms. The Morgan fingerprint density at radius 2 is 1.72 bits per heavy atom. The van der Waals surface area contributed by atoms with E-state index in [1.165, 1.54) is 6.08 Å². The highest BCUT2D eigenvalue weighted by atomic mass is 127. The van der Waals surface area contributed by atoms with Crippen molar-refractivity contribution in [1.82, 2.24) is 5.32 Å². The van der Waals surface area contributed by atoms with Gasteiger partial charge in [-0.05, 0) is 89.9 Å². The van der Waals surface area contributed by atoms with Crippen molar-refractivity contribution < 1.29 is 23.9 Å². The van der Waals surface area contributed by atoms with Gasteiger partial charge in [0.15, 0.2) is 11.5 Å². The summed E-state index contributed by atoms with van der Waals surface area (Å²) in [7, 11) is 0. The molecule has 0 saturated carbocycles. The lowest BCUT2D eigenvalue weighted by molar-refractivity contribution is -0.122. The minimum absolute atomic E-state index is 0.147. The molecule has 1 heterocycles. The van der Waals surface area contributed by atoms with E-state index in [2.05, 4.69) is 27.9 Å². The Kier molecular flexibility index (Phi) is 7.73. The first-order valence-electron chi connectivity index (χ1n) is 11.4. The Labute approximate surface area is 223 Å². The summed E-state index contributed by atoms with van der Waals surface area (Å²) in [5.41, 5.74) is 3.51. The van der Waals surface area contributed by atoms with E-state index in [1.807, 2.05) is 56.3 Å². The van der Waals surface area contributed by atoms with E-state index in [0.29, 0.717) is 36.0 Å². The van der Waals surface area contributed by atoms with Crippen molar-refractivity contribution in [1.29, 1.82) is 0 Å². The normalized spacial score (nSPS) is 14.7. The van der Waals surface area contributed by atoms with Crippen molar-refractivity contribution in [2.75, 3.05) is 11.5 Å². The molecule has 1 N–H and O–H groups in total. The van der Waals surface area contributed by atoms with E-state index in [0.717, 1.165) is 25.2 Å². The number of anilines is 1. The van der Waals surface area contributed by atoms with E-state index in [1.54, 1.807) is 25.1 Å². The number of amides is 4. The maximum atomic E-state index is 13.4. The molecule has 0 bridgehead atoms. The number of hydrogen-bond donors (Lipinski definition) is 1. The van der Waals surface area contributed by atoms with Crippen molar-refractivity contribution in [2.24, 2.45) is 0 Å². The molecule has 7 nitrogen and oxygen atoms in total. The highest BCUT2D eigenvalue weighted by molar-refractivity contribution is 14.1. The molecule has 0 atom stereocenters. The standard InChI is InChI=1S/C28H25IN2O5/c1-4-35-24-15-20(14-22(29)25(24)36-16-19-8-6-5-7-9-19)13-21-26(32)30-28(34)31(27(21)33)23-12-17(2)10-11-18(23)3/h5-15H,4,16H2,1-3H3,(H,30,32,34)/b21-13+. The number of ether oxygens (including phenoxy) is 2. The molecule has 4 rings (SSSR count). The first-order chi connectivity index (χ1) is 17.3. The topological polar surface area (TPSA) is 84.9 Å². The predicted molar refractivity (Wildman–Crippen MR) is 146 cm³/mol. The van der Waals surface area contributed by atoms with Crippen LogP contribution in [-0.2, 0) is 16.2 Å². The molecule has 0 unspecified atom stereocenters. The SMILES string of the molecule is CCOc1cc(/C=C2\C(=O)NC(=O)N(c3cc(C)ccc3C)C2=O)cc(I)c1OCc1ccccc1. The van der Waals surface area contributed by atoms with Crippen LogP contribution in [0.1, 0.15) is 29.2 Å². The minimum atomic E-state index is -0.773. The van der Waals surface area contributed by atoms with E-state index >= 15 is 0 Å². The summed E-state index contributed by atoms with van der Waals surface area (Å²) >= 11 is 2.14. The molecule has 1 saturated heterocycles. The van der Waals surface area contributed by atoms with Gasteiger partial charge in [0.2, 0.25) is 0 Å². The number of benzene rings is 3. The zero-order valence-electron chi connectivity index (χ0n) is 20.1. The number of aryl methyl sites for hydroxylation is 2. The van der Waals surface area contributed by atoms with Gasteiger partial charge in [0.25, 0.3) is 11.8 Å². The summed E-state index contributed by atoms with van der Waals surface area (Å²) in [5, 5.41) is 2.28. The smallest absolute Gasteiger partial charge is 0.335 e. The fourth-order valence-electron chi connectivity index (χ4n) is 3.81. The predicted octanol–water partition coefficient (Wildman–Crippen LogP) is 5.55. The maximum Gasteiger partial charge on any atom is 0.335 e. The number of urea groups is 1. The van der Waals surface area contributed by atoms with Gasteiger partial charge in [-0.25, -0.2) is 9.69 Å². The van der Waals surface area contributed by atoms with E-state index in [-0.39, 0.29) is 5.57 Å². The number of barbiturate groups is 1. The van der Waals surface area contributed by atoms with Crippen LogP contribution in [0.2, 0.25) is 0 Å². The summed E-state index contributed by atoms with van der Waals surface area (Å²) in [4.78, 5) is 39.6. The lowest BCUT2D eigenvalue weighted by Crippen LogP contribution is -2.54. The minimum Gasteiger partial charge on any atom is -0.490 e.